The summed E-state index contributed by atoms with van der Waals surface area (Å²) < 4.78 is 8.66. The molecule has 13 nitrogen and oxygen atoms in total. The number of halogens is 1. The highest BCUT2D eigenvalue weighted by molar-refractivity contribution is 6.30. The number of hydrogen-bond acceptors (Lipinski definition) is 10. The van der Waals surface area contributed by atoms with Gasteiger partial charge in [-0.05, 0) is 59.3 Å². The second-order valence-corrected chi connectivity index (χ2v) is 12.9. The number of fused-ring (bicyclic) bond motifs is 2. The van der Waals surface area contributed by atoms with Gasteiger partial charge in [-0.3, -0.25) is 14.5 Å². The second-order valence-electron chi connectivity index (χ2n) is 12.5. The summed E-state index contributed by atoms with van der Waals surface area (Å²) in [5, 5.41) is 15.6. The molecule has 1 amide bonds. The summed E-state index contributed by atoms with van der Waals surface area (Å²) in [6.07, 6.45) is 13.1. The van der Waals surface area contributed by atoms with E-state index < -0.39 is 11.7 Å². The molecule has 14 heteroatoms. The van der Waals surface area contributed by atoms with E-state index in [1.165, 1.54) is 54.1 Å². The molecule has 3 fully saturated rings. The van der Waals surface area contributed by atoms with Gasteiger partial charge in [0.05, 0.1) is 23.5 Å². The largest absolute Gasteiger partial charge is 0.443 e. The standard InChI is InChI=1S/C15H17ClN4O3.C15H19N5O/c1-15(2,3)23-14(22)19(10-4-5-10)12-6-11(16)18-13-9(8-21)7-17-20(12)13;21-9-10-8-16-20-14(18-12-5-6-12)7-13(19-15(10)20)17-11-3-1-2-4-11/h6-8,10H,4-5H2,1-3H3;7-9,11-12,18H,1-6H2,(H,17,19). The van der Waals surface area contributed by atoms with Gasteiger partial charge in [-0.15, -0.1) is 0 Å². The Hall–Kier alpha value is -4.26. The van der Waals surface area contributed by atoms with Crippen LogP contribution in [0.3, 0.4) is 0 Å². The van der Waals surface area contributed by atoms with E-state index in [1.807, 2.05) is 26.8 Å². The number of aromatic nitrogens is 6. The minimum absolute atomic E-state index is 0.0374. The van der Waals surface area contributed by atoms with Crippen LogP contribution in [0.4, 0.5) is 22.2 Å². The maximum absolute atomic E-state index is 12.6. The number of rotatable bonds is 8. The molecule has 0 unspecified atom stereocenters. The monoisotopic (exact) mass is 621 g/mol. The van der Waals surface area contributed by atoms with E-state index in [-0.39, 0.29) is 11.2 Å². The summed E-state index contributed by atoms with van der Waals surface area (Å²) in [6.45, 7) is 5.43. The first-order valence-corrected chi connectivity index (χ1v) is 15.4. The molecule has 0 saturated heterocycles. The molecule has 4 aromatic heterocycles. The highest BCUT2D eigenvalue weighted by atomic mass is 35.5. The van der Waals surface area contributed by atoms with Gasteiger partial charge >= 0.3 is 6.09 Å². The van der Waals surface area contributed by atoms with Crippen LogP contribution in [-0.4, -0.2) is 71.6 Å². The van der Waals surface area contributed by atoms with Gasteiger partial charge in [0, 0.05) is 30.3 Å². The number of amides is 1. The van der Waals surface area contributed by atoms with Crippen molar-refractivity contribution in [3.8, 4) is 0 Å². The average Bonchev–Trinajstić information content (AvgIpc) is 3.82. The lowest BCUT2D eigenvalue weighted by atomic mass is 10.2. The number of nitrogens with zero attached hydrogens (tertiary/aromatic N) is 7. The summed E-state index contributed by atoms with van der Waals surface area (Å²) in [5.41, 5.74) is 1.17. The fourth-order valence-electron chi connectivity index (χ4n) is 5.22. The number of hydrogen-bond donors (Lipinski definition) is 2. The van der Waals surface area contributed by atoms with Gasteiger partial charge in [0.2, 0.25) is 0 Å². The van der Waals surface area contributed by atoms with Crippen molar-refractivity contribution in [2.75, 3.05) is 15.5 Å². The zero-order chi connectivity index (χ0) is 31.0. The Kier molecular flexibility index (Phi) is 8.14. The van der Waals surface area contributed by atoms with Crippen molar-refractivity contribution in [1.29, 1.82) is 0 Å². The van der Waals surface area contributed by atoms with Crippen molar-refractivity contribution in [3.63, 3.8) is 0 Å². The topological polar surface area (TPSA) is 148 Å². The molecule has 0 aliphatic heterocycles. The van der Waals surface area contributed by atoms with Crippen molar-refractivity contribution in [2.45, 2.75) is 95.9 Å². The lowest BCUT2D eigenvalue weighted by molar-refractivity contribution is 0.0575. The Morgan fingerprint density at radius 3 is 2.11 bits per heavy atom. The molecular formula is C30H36ClN9O4. The zero-order valence-corrected chi connectivity index (χ0v) is 25.8. The summed E-state index contributed by atoms with van der Waals surface area (Å²) in [7, 11) is 0. The van der Waals surface area contributed by atoms with Crippen LogP contribution < -0.4 is 15.5 Å². The molecule has 3 aliphatic rings. The minimum Gasteiger partial charge on any atom is -0.443 e. The van der Waals surface area contributed by atoms with Gasteiger partial charge in [-0.2, -0.15) is 19.2 Å². The van der Waals surface area contributed by atoms with Crippen LogP contribution in [0.15, 0.2) is 24.5 Å². The summed E-state index contributed by atoms with van der Waals surface area (Å²) in [5.74, 6) is 2.20. The molecule has 0 atom stereocenters. The molecule has 232 valence electrons. The molecule has 4 aromatic rings. The lowest BCUT2D eigenvalue weighted by Crippen LogP contribution is -2.39. The molecule has 3 aliphatic carbocycles. The Labute approximate surface area is 259 Å². The van der Waals surface area contributed by atoms with E-state index in [0.29, 0.717) is 46.6 Å². The zero-order valence-electron chi connectivity index (χ0n) is 25.0. The van der Waals surface area contributed by atoms with Crippen molar-refractivity contribution in [2.24, 2.45) is 0 Å². The number of ether oxygens (including phenoxy) is 1. The summed E-state index contributed by atoms with van der Waals surface area (Å²) in [6, 6.07) is 4.62. The van der Waals surface area contributed by atoms with Crippen molar-refractivity contribution >= 4 is 59.0 Å². The lowest BCUT2D eigenvalue weighted by Gasteiger charge is -2.27. The third-order valence-electron chi connectivity index (χ3n) is 7.59. The third kappa shape index (κ3) is 6.62. The Morgan fingerprint density at radius 1 is 0.909 bits per heavy atom. The SMILES string of the molecule is CC(C)(C)OC(=O)N(c1cc(Cl)nc2c(C=O)cnn12)C1CC1.O=Cc1cnn2c(NC3CC3)cc(NC3CCCC3)nc12. The van der Waals surface area contributed by atoms with Gasteiger partial charge in [-0.25, -0.2) is 14.8 Å². The highest BCUT2D eigenvalue weighted by Crippen LogP contribution is 2.34. The maximum atomic E-state index is 12.6. The molecule has 0 spiro atoms. The van der Waals surface area contributed by atoms with Crippen LogP contribution in [-0.2, 0) is 4.74 Å². The first kappa shape index (κ1) is 29.8. The molecule has 0 bridgehead atoms. The Morgan fingerprint density at radius 2 is 1.52 bits per heavy atom. The summed E-state index contributed by atoms with van der Waals surface area (Å²) >= 11 is 6.07. The van der Waals surface area contributed by atoms with Gasteiger partial charge in [0.1, 0.15) is 28.2 Å². The molecule has 3 saturated carbocycles. The van der Waals surface area contributed by atoms with E-state index in [4.69, 9.17) is 16.3 Å². The Balaban J connectivity index is 0.000000156. The van der Waals surface area contributed by atoms with Crippen molar-refractivity contribution in [1.82, 2.24) is 29.2 Å². The number of aldehydes is 2. The smallest absolute Gasteiger partial charge is 0.416 e. The molecule has 44 heavy (non-hydrogen) atoms. The van der Waals surface area contributed by atoms with Crippen molar-refractivity contribution in [3.05, 3.63) is 40.8 Å². The third-order valence-corrected chi connectivity index (χ3v) is 7.78. The van der Waals surface area contributed by atoms with E-state index >= 15 is 0 Å². The van der Waals surface area contributed by atoms with Gasteiger partial charge in [0.15, 0.2) is 23.9 Å². The van der Waals surface area contributed by atoms with Crippen LogP contribution in [0.2, 0.25) is 5.15 Å². The summed E-state index contributed by atoms with van der Waals surface area (Å²) in [4.78, 5) is 45.1. The molecule has 2 N–H and O–H groups in total. The van der Waals surface area contributed by atoms with Crippen LogP contribution in [0.5, 0.6) is 0 Å². The highest BCUT2D eigenvalue weighted by Gasteiger charge is 2.38. The van der Waals surface area contributed by atoms with Gasteiger partial charge < -0.3 is 15.4 Å². The molecule has 0 aromatic carbocycles. The maximum Gasteiger partial charge on any atom is 0.416 e. The molecule has 4 heterocycles. The molecular weight excluding hydrogens is 586 g/mol. The van der Waals surface area contributed by atoms with E-state index in [9.17, 15) is 14.4 Å². The fourth-order valence-corrected chi connectivity index (χ4v) is 5.40. The predicted octanol–water partition coefficient (Wildman–Crippen LogP) is 5.57. The first-order chi connectivity index (χ1) is 21.1. The molecule has 7 rings (SSSR count). The van der Waals surface area contributed by atoms with Crippen LogP contribution in [0.25, 0.3) is 11.3 Å². The van der Waals surface area contributed by atoms with Crippen molar-refractivity contribution < 1.29 is 19.1 Å². The Bertz CT molecular complexity index is 1700. The number of carbonyl (C=O) groups is 3. The second kappa shape index (κ2) is 12.0. The van der Waals surface area contributed by atoms with E-state index in [0.717, 1.165) is 30.8 Å². The van der Waals surface area contributed by atoms with Gasteiger partial charge in [-0.1, -0.05) is 24.4 Å². The normalized spacial score (nSPS) is 16.8. The number of nitrogens with one attached hydrogen (secondary N) is 2. The first-order valence-electron chi connectivity index (χ1n) is 15.0. The molecule has 0 radical (unpaired) electrons. The number of anilines is 3. The van der Waals surface area contributed by atoms with E-state index in [2.05, 4.69) is 30.8 Å². The average molecular weight is 622 g/mol. The van der Waals surface area contributed by atoms with Crippen LogP contribution in [0, 0.1) is 0 Å². The fraction of sp³-hybridized carbons (Fsp3) is 0.500. The van der Waals surface area contributed by atoms with Crippen LogP contribution in [0.1, 0.15) is 92.9 Å². The quantitative estimate of drug-likeness (QED) is 0.189. The van der Waals surface area contributed by atoms with Gasteiger partial charge in [0.25, 0.3) is 0 Å². The van der Waals surface area contributed by atoms with E-state index in [1.54, 1.807) is 16.8 Å². The number of carbonyl (C=O) groups excluding carboxylic acids is 3. The minimum atomic E-state index is -0.613. The predicted molar refractivity (Wildman–Crippen MR) is 166 cm³/mol. The van der Waals surface area contributed by atoms with Crippen LogP contribution >= 0.6 is 11.6 Å².